The fourth-order valence-electron chi connectivity index (χ4n) is 2.17. The smallest absolute Gasteiger partial charge is 0.394 e. The van der Waals surface area contributed by atoms with Crippen LogP contribution in [0.3, 0.4) is 0 Å². The summed E-state index contributed by atoms with van der Waals surface area (Å²) in [6.45, 7) is 1.52. The van der Waals surface area contributed by atoms with Crippen molar-refractivity contribution in [1.29, 1.82) is 0 Å². The SMILES string of the molecule is CPN=C1C(=C(N)C(F)(F)F)C2CC2C1(F)F. The fourth-order valence-corrected chi connectivity index (χ4v) is 2.67. The van der Waals surface area contributed by atoms with E-state index < -0.39 is 40.9 Å². The van der Waals surface area contributed by atoms with Crippen molar-refractivity contribution in [2.24, 2.45) is 22.3 Å². The molecule has 8 heteroatoms. The molecular formula is C9H10F5N2P. The Balaban J connectivity index is 2.52. The Labute approximate surface area is 96.0 Å². The molecule has 17 heavy (non-hydrogen) atoms. The van der Waals surface area contributed by atoms with E-state index in [4.69, 9.17) is 5.73 Å². The van der Waals surface area contributed by atoms with Crippen molar-refractivity contribution in [1.82, 2.24) is 0 Å². The van der Waals surface area contributed by atoms with Crippen LogP contribution < -0.4 is 5.73 Å². The third-order valence-electron chi connectivity index (χ3n) is 3.02. The molecule has 3 atom stereocenters. The highest BCUT2D eigenvalue weighted by Gasteiger charge is 2.68. The van der Waals surface area contributed by atoms with E-state index in [0.29, 0.717) is 0 Å². The van der Waals surface area contributed by atoms with E-state index in [0.717, 1.165) is 0 Å². The first kappa shape index (κ1) is 12.7. The van der Waals surface area contributed by atoms with Crippen LogP contribution in [-0.2, 0) is 0 Å². The Kier molecular flexibility index (Phi) is 2.73. The molecular weight excluding hydrogens is 262 g/mol. The fraction of sp³-hybridized carbons (Fsp3) is 0.667. The van der Waals surface area contributed by atoms with Gasteiger partial charge in [-0.2, -0.15) is 22.0 Å². The van der Waals surface area contributed by atoms with Gasteiger partial charge < -0.3 is 5.73 Å². The maximum Gasteiger partial charge on any atom is 0.431 e. The molecule has 2 aliphatic rings. The van der Waals surface area contributed by atoms with Gasteiger partial charge in [-0.05, 0) is 27.7 Å². The molecule has 2 fully saturated rings. The highest BCUT2D eigenvalue weighted by molar-refractivity contribution is 7.35. The van der Waals surface area contributed by atoms with Gasteiger partial charge in [0.2, 0.25) is 0 Å². The molecule has 2 rings (SSSR count). The van der Waals surface area contributed by atoms with Gasteiger partial charge in [-0.3, -0.25) is 4.76 Å². The molecule has 0 spiro atoms. The summed E-state index contributed by atoms with van der Waals surface area (Å²) in [5, 5.41) is 0. The normalized spacial score (nSPS) is 36.7. The molecule has 0 aliphatic heterocycles. The van der Waals surface area contributed by atoms with Crippen molar-refractivity contribution in [2.75, 3.05) is 6.66 Å². The zero-order chi connectivity index (χ0) is 13.0. The third-order valence-corrected chi connectivity index (χ3v) is 3.46. The Bertz CT molecular complexity index is 412. The summed E-state index contributed by atoms with van der Waals surface area (Å²) in [7, 11) is -0.218. The third kappa shape index (κ3) is 1.84. The largest absolute Gasteiger partial charge is 0.431 e. The highest BCUT2D eigenvalue weighted by atomic mass is 31.1. The molecule has 0 bridgehead atoms. The lowest BCUT2D eigenvalue weighted by Crippen LogP contribution is -2.31. The van der Waals surface area contributed by atoms with Crippen molar-refractivity contribution in [2.45, 2.75) is 18.5 Å². The Morgan fingerprint density at radius 3 is 2.53 bits per heavy atom. The maximum atomic E-state index is 13.6. The van der Waals surface area contributed by atoms with Crippen LogP contribution in [0.5, 0.6) is 0 Å². The second-order valence-corrected chi connectivity index (χ2v) is 4.75. The number of alkyl halides is 5. The number of hydrogen-bond donors (Lipinski definition) is 1. The van der Waals surface area contributed by atoms with Crippen molar-refractivity contribution < 1.29 is 22.0 Å². The van der Waals surface area contributed by atoms with E-state index in [9.17, 15) is 22.0 Å². The van der Waals surface area contributed by atoms with Gasteiger partial charge in [-0.15, -0.1) is 0 Å². The van der Waals surface area contributed by atoms with E-state index in [1.807, 2.05) is 0 Å². The number of hydrogen-bond acceptors (Lipinski definition) is 2. The number of nitrogens with two attached hydrogens (primary N) is 1. The number of rotatable bonds is 1. The summed E-state index contributed by atoms with van der Waals surface area (Å²) in [6, 6.07) is 0. The van der Waals surface area contributed by atoms with E-state index in [2.05, 4.69) is 4.76 Å². The van der Waals surface area contributed by atoms with Crippen LogP contribution in [0, 0.1) is 11.8 Å². The summed E-state index contributed by atoms with van der Waals surface area (Å²) >= 11 is 0. The lowest BCUT2D eigenvalue weighted by molar-refractivity contribution is -0.0933. The monoisotopic (exact) mass is 272 g/mol. The van der Waals surface area contributed by atoms with Crippen LogP contribution in [0.1, 0.15) is 6.42 Å². The lowest BCUT2D eigenvalue weighted by atomic mass is 10.0. The van der Waals surface area contributed by atoms with Gasteiger partial charge in [0.25, 0.3) is 5.92 Å². The molecule has 3 unspecified atom stereocenters. The average Bonchev–Trinajstić information content (AvgIpc) is 2.91. The predicted octanol–water partition coefficient (Wildman–Crippen LogP) is 2.71. The van der Waals surface area contributed by atoms with E-state index in [1.54, 1.807) is 0 Å². The molecule has 0 heterocycles. The molecule has 2 N–H and O–H groups in total. The van der Waals surface area contributed by atoms with Crippen LogP contribution in [0.15, 0.2) is 16.0 Å². The minimum absolute atomic E-state index is 0.0605. The first-order valence-electron chi connectivity index (χ1n) is 4.91. The zero-order valence-corrected chi connectivity index (χ0v) is 9.78. The Morgan fingerprint density at radius 2 is 2.06 bits per heavy atom. The molecule has 2 nitrogen and oxygen atoms in total. The second kappa shape index (κ2) is 3.64. The topological polar surface area (TPSA) is 38.4 Å². The summed E-state index contributed by atoms with van der Waals surface area (Å²) in [5.41, 5.74) is 2.30. The van der Waals surface area contributed by atoms with E-state index >= 15 is 0 Å². The first-order valence-corrected chi connectivity index (χ1v) is 6.36. The van der Waals surface area contributed by atoms with Gasteiger partial charge in [0.1, 0.15) is 11.4 Å². The number of fused-ring (bicyclic) bond motifs is 1. The van der Waals surface area contributed by atoms with Crippen molar-refractivity contribution in [3.63, 3.8) is 0 Å². The Hall–Kier alpha value is -0.710. The molecule has 0 aromatic heterocycles. The number of nitrogens with zero attached hydrogens (tertiary/aromatic N) is 1. The number of halogens is 5. The quantitative estimate of drug-likeness (QED) is 0.578. The minimum Gasteiger partial charge on any atom is -0.394 e. The standard InChI is InChI=1S/C9H10F5N2P/c1-17-16-7-5(6(15)9(12,13)14)3-2-4(3)8(7,10)11/h3-4,17H,2,15H2,1H3. The molecule has 0 aromatic carbocycles. The van der Waals surface area contributed by atoms with Gasteiger partial charge in [-0.25, -0.2) is 0 Å². The summed E-state index contributed by atoms with van der Waals surface area (Å²) in [5.74, 6) is -5.09. The van der Waals surface area contributed by atoms with Gasteiger partial charge in [0.15, 0.2) is 0 Å². The second-order valence-electron chi connectivity index (χ2n) is 4.08. The summed E-state index contributed by atoms with van der Waals surface area (Å²) in [4.78, 5) is 0. The molecule has 2 saturated carbocycles. The molecule has 2 aliphatic carbocycles. The molecule has 0 saturated heterocycles. The minimum atomic E-state index is -4.78. The predicted molar refractivity (Wildman–Crippen MR) is 55.5 cm³/mol. The van der Waals surface area contributed by atoms with Crippen molar-refractivity contribution in [3.05, 3.63) is 11.3 Å². The van der Waals surface area contributed by atoms with Crippen LogP contribution in [0.25, 0.3) is 0 Å². The van der Waals surface area contributed by atoms with Gasteiger partial charge in [0, 0.05) is 11.5 Å². The molecule has 0 radical (unpaired) electrons. The lowest BCUT2D eigenvalue weighted by Gasteiger charge is -2.17. The first-order chi connectivity index (χ1) is 7.71. The van der Waals surface area contributed by atoms with Crippen LogP contribution >= 0.6 is 8.73 Å². The summed E-state index contributed by atoms with van der Waals surface area (Å²) < 4.78 is 68.3. The van der Waals surface area contributed by atoms with Gasteiger partial charge in [-0.1, -0.05) is 0 Å². The van der Waals surface area contributed by atoms with Crippen LogP contribution in [0.4, 0.5) is 22.0 Å². The van der Waals surface area contributed by atoms with Crippen LogP contribution in [-0.4, -0.2) is 24.5 Å². The van der Waals surface area contributed by atoms with Crippen LogP contribution in [0.2, 0.25) is 0 Å². The molecule has 0 aromatic rings. The maximum absolute atomic E-state index is 13.6. The molecule has 96 valence electrons. The van der Waals surface area contributed by atoms with E-state index in [-0.39, 0.29) is 15.2 Å². The molecule has 0 amide bonds. The Morgan fingerprint density at radius 1 is 1.47 bits per heavy atom. The average molecular weight is 272 g/mol. The van der Waals surface area contributed by atoms with Gasteiger partial charge in [0.05, 0.1) is 0 Å². The van der Waals surface area contributed by atoms with Crippen molar-refractivity contribution >= 4 is 14.4 Å². The number of allylic oxidation sites excluding steroid dienone is 2. The summed E-state index contributed by atoms with van der Waals surface area (Å²) in [6.07, 6.45) is -4.72. The van der Waals surface area contributed by atoms with Gasteiger partial charge >= 0.3 is 6.18 Å². The van der Waals surface area contributed by atoms with E-state index in [1.165, 1.54) is 6.66 Å². The van der Waals surface area contributed by atoms with Crippen molar-refractivity contribution in [3.8, 4) is 0 Å². The zero-order valence-electron chi connectivity index (χ0n) is 8.78. The highest BCUT2D eigenvalue weighted by Crippen LogP contribution is 2.62.